The molecule has 0 saturated carbocycles. The summed E-state index contributed by atoms with van der Waals surface area (Å²) in [6, 6.07) is 10.0. The molecule has 1 aromatic heterocycles. The van der Waals surface area contributed by atoms with Crippen LogP contribution in [0.2, 0.25) is 0 Å². The number of anilines is 2. The first kappa shape index (κ1) is 9.09. The van der Waals surface area contributed by atoms with Crippen LogP contribution in [0.15, 0.2) is 30.3 Å². The number of aromatic nitrogens is 1. The number of rotatable bonds is 0. The minimum atomic E-state index is 0.777. The molecule has 3 aromatic rings. The number of H-pyrrole nitrogens is 1. The summed E-state index contributed by atoms with van der Waals surface area (Å²) >= 11 is 0. The maximum absolute atomic E-state index is 6.06. The van der Waals surface area contributed by atoms with Gasteiger partial charge in [0.25, 0.3) is 0 Å². The lowest BCUT2D eigenvalue weighted by atomic mass is 10.1. The van der Waals surface area contributed by atoms with Crippen LogP contribution < -0.4 is 11.5 Å². The van der Waals surface area contributed by atoms with Crippen molar-refractivity contribution in [2.45, 2.75) is 6.92 Å². The first-order valence-electron chi connectivity index (χ1n) is 5.23. The molecule has 0 atom stereocenters. The second-order valence-electron chi connectivity index (χ2n) is 4.12. The first-order valence-corrected chi connectivity index (χ1v) is 5.23. The number of hydrogen-bond donors (Lipinski definition) is 3. The van der Waals surface area contributed by atoms with E-state index in [0.29, 0.717) is 0 Å². The zero-order valence-corrected chi connectivity index (χ0v) is 9.04. The van der Waals surface area contributed by atoms with E-state index in [2.05, 4.69) is 11.1 Å². The van der Waals surface area contributed by atoms with Crippen LogP contribution in [-0.2, 0) is 0 Å². The fraction of sp³-hybridized carbons (Fsp3) is 0.0769. The average molecular weight is 211 g/mol. The highest BCUT2D eigenvalue weighted by Gasteiger charge is 2.11. The fourth-order valence-corrected chi connectivity index (χ4v) is 2.22. The molecule has 0 amide bonds. The average Bonchev–Trinajstić information content (AvgIpc) is 2.65. The summed E-state index contributed by atoms with van der Waals surface area (Å²) in [5.74, 6) is 0. The van der Waals surface area contributed by atoms with Gasteiger partial charge in [-0.2, -0.15) is 0 Å². The number of para-hydroxylation sites is 1. The van der Waals surface area contributed by atoms with Crippen molar-refractivity contribution in [1.29, 1.82) is 0 Å². The van der Waals surface area contributed by atoms with Crippen molar-refractivity contribution < 1.29 is 0 Å². The van der Waals surface area contributed by atoms with Gasteiger partial charge in [-0.05, 0) is 24.6 Å². The highest BCUT2D eigenvalue weighted by atomic mass is 14.8. The predicted octanol–water partition coefficient (Wildman–Crippen LogP) is 2.79. The first-order chi connectivity index (χ1) is 7.68. The van der Waals surface area contributed by atoms with Gasteiger partial charge in [0.05, 0.1) is 11.2 Å². The molecule has 0 aliphatic carbocycles. The van der Waals surface area contributed by atoms with Crippen molar-refractivity contribution in [2.24, 2.45) is 0 Å². The Labute approximate surface area is 93.0 Å². The smallest absolute Gasteiger partial charge is 0.0722 e. The number of aromatic amines is 1. The zero-order chi connectivity index (χ0) is 11.3. The van der Waals surface area contributed by atoms with Crippen molar-refractivity contribution in [1.82, 2.24) is 4.98 Å². The molecule has 0 aliphatic heterocycles. The van der Waals surface area contributed by atoms with Crippen LogP contribution in [0.5, 0.6) is 0 Å². The van der Waals surface area contributed by atoms with Crippen molar-refractivity contribution >= 4 is 33.2 Å². The third-order valence-corrected chi connectivity index (χ3v) is 3.06. The number of aryl methyl sites for hydroxylation is 1. The summed E-state index contributed by atoms with van der Waals surface area (Å²) < 4.78 is 0. The number of fused-ring (bicyclic) bond motifs is 3. The van der Waals surface area contributed by atoms with Gasteiger partial charge in [0.15, 0.2) is 0 Å². The molecule has 3 heteroatoms. The van der Waals surface area contributed by atoms with E-state index in [-0.39, 0.29) is 0 Å². The number of benzene rings is 2. The molecule has 80 valence electrons. The lowest BCUT2D eigenvalue weighted by Crippen LogP contribution is -1.94. The van der Waals surface area contributed by atoms with E-state index in [9.17, 15) is 0 Å². The molecule has 3 nitrogen and oxygen atoms in total. The van der Waals surface area contributed by atoms with E-state index in [1.807, 2.05) is 31.2 Å². The molecule has 0 radical (unpaired) electrons. The van der Waals surface area contributed by atoms with Gasteiger partial charge in [-0.1, -0.05) is 18.2 Å². The van der Waals surface area contributed by atoms with E-state index in [4.69, 9.17) is 11.5 Å². The lowest BCUT2D eigenvalue weighted by molar-refractivity contribution is 1.47. The third kappa shape index (κ3) is 1.03. The number of nitrogens with two attached hydrogens (primary N) is 2. The van der Waals surface area contributed by atoms with Crippen molar-refractivity contribution in [2.75, 3.05) is 11.5 Å². The van der Waals surface area contributed by atoms with E-state index in [1.165, 1.54) is 0 Å². The predicted molar refractivity (Wildman–Crippen MR) is 69.4 cm³/mol. The highest BCUT2D eigenvalue weighted by molar-refractivity contribution is 6.16. The molecule has 2 aromatic carbocycles. The van der Waals surface area contributed by atoms with Gasteiger partial charge in [-0.15, -0.1) is 0 Å². The molecule has 3 rings (SSSR count). The maximum Gasteiger partial charge on any atom is 0.0722 e. The molecular formula is C13H13N3. The molecule has 0 spiro atoms. The number of nitrogen functional groups attached to an aromatic ring is 2. The van der Waals surface area contributed by atoms with Gasteiger partial charge in [-0.25, -0.2) is 0 Å². The molecule has 0 saturated heterocycles. The van der Waals surface area contributed by atoms with E-state index >= 15 is 0 Å². The monoisotopic (exact) mass is 211 g/mol. The molecule has 0 unspecified atom stereocenters. The number of nitrogens with one attached hydrogen (secondary N) is 1. The van der Waals surface area contributed by atoms with Gasteiger partial charge < -0.3 is 16.5 Å². The van der Waals surface area contributed by atoms with Crippen molar-refractivity contribution in [3.63, 3.8) is 0 Å². The van der Waals surface area contributed by atoms with Gasteiger partial charge >= 0.3 is 0 Å². The summed E-state index contributed by atoms with van der Waals surface area (Å²) in [5.41, 5.74) is 16.7. The summed E-state index contributed by atoms with van der Waals surface area (Å²) in [6.07, 6.45) is 0. The fourth-order valence-electron chi connectivity index (χ4n) is 2.22. The van der Waals surface area contributed by atoms with Crippen LogP contribution in [0.4, 0.5) is 11.4 Å². The second kappa shape index (κ2) is 2.92. The van der Waals surface area contributed by atoms with Crippen LogP contribution in [-0.4, -0.2) is 4.98 Å². The highest BCUT2D eigenvalue weighted by Crippen LogP contribution is 2.35. The van der Waals surface area contributed by atoms with Crippen LogP contribution in [0, 0.1) is 6.92 Å². The normalized spacial score (nSPS) is 11.3. The van der Waals surface area contributed by atoms with E-state index < -0.39 is 0 Å². The van der Waals surface area contributed by atoms with Crippen LogP contribution in [0.1, 0.15) is 5.56 Å². The summed E-state index contributed by atoms with van der Waals surface area (Å²) in [5, 5.41) is 2.15. The third-order valence-electron chi connectivity index (χ3n) is 3.06. The van der Waals surface area contributed by atoms with Gasteiger partial charge in [0.2, 0.25) is 0 Å². The Balaban J connectivity index is 2.64. The second-order valence-corrected chi connectivity index (χ2v) is 4.12. The Morgan fingerprint density at radius 1 is 1.12 bits per heavy atom. The molecule has 0 fully saturated rings. The van der Waals surface area contributed by atoms with Crippen LogP contribution in [0.25, 0.3) is 21.8 Å². The lowest BCUT2D eigenvalue weighted by Gasteiger charge is -2.04. The largest absolute Gasteiger partial charge is 0.398 e. The Morgan fingerprint density at radius 3 is 2.69 bits per heavy atom. The number of hydrogen-bond acceptors (Lipinski definition) is 2. The maximum atomic E-state index is 6.06. The molecule has 1 heterocycles. The van der Waals surface area contributed by atoms with Crippen molar-refractivity contribution in [3.8, 4) is 0 Å². The van der Waals surface area contributed by atoms with Gasteiger partial charge in [0.1, 0.15) is 0 Å². The molecule has 5 N–H and O–H groups in total. The van der Waals surface area contributed by atoms with E-state index in [1.54, 1.807) is 0 Å². The minimum Gasteiger partial charge on any atom is -0.398 e. The topological polar surface area (TPSA) is 67.8 Å². The summed E-state index contributed by atoms with van der Waals surface area (Å²) in [4.78, 5) is 3.32. The standard InChI is InChI=1S/C13H13N3/c1-7-6-9(14)11-8-4-2-3-5-10(8)16-13(11)12(7)15/h2-6,16H,14-15H2,1H3. The molecular weight excluding hydrogens is 198 g/mol. The Hall–Kier alpha value is -2.16. The van der Waals surface area contributed by atoms with Gasteiger partial charge in [-0.3, -0.25) is 0 Å². The quantitative estimate of drug-likeness (QED) is 0.500. The Kier molecular flexibility index (Phi) is 1.66. The Morgan fingerprint density at radius 2 is 1.88 bits per heavy atom. The van der Waals surface area contributed by atoms with E-state index in [0.717, 1.165) is 38.7 Å². The SMILES string of the molecule is Cc1cc(N)c2c([nH]c3ccccc32)c1N. The molecule has 0 bridgehead atoms. The molecule has 0 aliphatic rings. The summed E-state index contributed by atoms with van der Waals surface area (Å²) in [6.45, 7) is 1.97. The molecule has 16 heavy (non-hydrogen) atoms. The van der Waals surface area contributed by atoms with Crippen LogP contribution in [0.3, 0.4) is 0 Å². The summed E-state index contributed by atoms with van der Waals surface area (Å²) in [7, 11) is 0. The minimum absolute atomic E-state index is 0.777. The van der Waals surface area contributed by atoms with Gasteiger partial charge in [0, 0.05) is 22.0 Å². The van der Waals surface area contributed by atoms with Crippen LogP contribution >= 0.6 is 0 Å². The Bertz CT molecular complexity index is 695. The zero-order valence-electron chi connectivity index (χ0n) is 9.04. The van der Waals surface area contributed by atoms with Crippen molar-refractivity contribution in [3.05, 3.63) is 35.9 Å².